The van der Waals surface area contributed by atoms with Gasteiger partial charge < -0.3 is 4.98 Å². The van der Waals surface area contributed by atoms with E-state index in [0.717, 1.165) is 21.7 Å². The molecule has 0 atom stereocenters. The largest absolute Gasteiger partial charge is 0.321 e. The fourth-order valence-corrected chi connectivity index (χ4v) is 2.45. The SMILES string of the molecule is CC(C)(C)c1ccc2[nH]c(=O)c3ccccc3c2c1. The van der Waals surface area contributed by atoms with Gasteiger partial charge in [-0.3, -0.25) is 4.79 Å². The maximum atomic E-state index is 12.0. The van der Waals surface area contributed by atoms with E-state index in [1.807, 2.05) is 30.3 Å². The molecule has 1 aromatic heterocycles. The second-order valence-electron chi connectivity index (χ2n) is 6.01. The van der Waals surface area contributed by atoms with Gasteiger partial charge in [-0.1, -0.05) is 45.0 Å². The minimum absolute atomic E-state index is 0.0217. The molecule has 0 unspecified atom stereocenters. The Bertz CT molecular complexity index is 822. The second-order valence-corrected chi connectivity index (χ2v) is 6.01. The van der Waals surface area contributed by atoms with E-state index in [0.29, 0.717) is 0 Å². The Morgan fingerprint density at radius 3 is 2.26 bits per heavy atom. The molecule has 0 bridgehead atoms. The van der Waals surface area contributed by atoms with Gasteiger partial charge >= 0.3 is 0 Å². The second kappa shape index (κ2) is 3.95. The van der Waals surface area contributed by atoms with Crippen molar-refractivity contribution < 1.29 is 0 Å². The number of aromatic nitrogens is 1. The lowest BCUT2D eigenvalue weighted by molar-refractivity contribution is 0.591. The van der Waals surface area contributed by atoms with Gasteiger partial charge in [-0.2, -0.15) is 0 Å². The highest BCUT2D eigenvalue weighted by molar-refractivity contribution is 6.05. The van der Waals surface area contributed by atoms with Crippen molar-refractivity contribution in [1.82, 2.24) is 4.98 Å². The molecular formula is C17H17NO. The zero-order chi connectivity index (χ0) is 13.6. The van der Waals surface area contributed by atoms with Crippen molar-refractivity contribution in [3.63, 3.8) is 0 Å². The standard InChI is InChI=1S/C17H17NO/c1-17(2,3)11-8-9-15-14(10-11)12-6-4-5-7-13(12)16(19)18-15/h4-10H,1-3H3,(H,18,19). The Balaban J connectivity index is 2.48. The molecule has 0 amide bonds. The Labute approximate surface area is 112 Å². The lowest BCUT2D eigenvalue weighted by Crippen LogP contribution is -2.12. The van der Waals surface area contributed by atoms with Crippen LogP contribution in [-0.2, 0) is 5.41 Å². The van der Waals surface area contributed by atoms with Crippen LogP contribution < -0.4 is 5.56 Å². The van der Waals surface area contributed by atoms with Crippen LogP contribution in [0.15, 0.2) is 47.3 Å². The Hall–Kier alpha value is -2.09. The lowest BCUT2D eigenvalue weighted by atomic mass is 9.86. The van der Waals surface area contributed by atoms with E-state index < -0.39 is 0 Å². The number of fused-ring (bicyclic) bond motifs is 3. The molecule has 19 heavy (non-hydrogen) atoms. The van der Waals surface area contributed by atoms with Gasteiger partial charge in [0.15, 0.2) is 0 Å². The van der Waals surface area contributed by atoms with E-state index in [-0.39, 0.29) is 11.0 Å². The molecule has 3 aromatic rings. The third-order valence-electron chi connectivity index (χ3n) is 3.60. The van der Waals surface area contributed by atoms with Crippen LogP contribution in [0.4, 0.5) is 0 Å². The van der Waals surface area contributed by atoms with Gasteiger partial charge in [-0.25, -0.2) is 0 Å². The molecule has 0 spiro atoms. The first-order chi connectivity index (χ1) is 8.97. The van der Waals surface area contributed by atoms with Gasteiger partial charge in [0.1, 0.15) is 0 Å². The molecule has 2 aromatic carbocycles. The first-order valence-electron chi connectivity index (χ1n) is 6.52. The van der Waals surface area contributed by atoms with Crippen molar-refractivity contribution in [2.45, 2.75) is 26.2 Å². The van der Waals surface area contributed by atoms with Crippen LogP contribution in [0, 0.1) is 0 Å². The van der Waals surface area contributed by atoms with Crippen LogP contribution in [0.5, 0.6) is 0 Å². The fourth-order valence-electron chi connectivity index (χ4n) is 2.45. The number of H-pyrrole nitrogens is 1. The van der Waals surface area contributed by atoms with E-state index in [9.17, 15) is 4.79 Å². The topological polar surface area (TPSA) is 32.9 Å². The van der Waals surface area contributed by atoms with E-state index in [4.69, 9.17) is 0 Å². The molecule has 0 radical (unpaired) electrons. The summed E-state index contributed by atoms with van der Waals surface area (Å²) in [5.74, 6) is 0. The monoisotopic (exact) mass is 251 g/mol. The summed E-state index contributed by atoms with van der Waals surface area (Å²) in [5.41, 5.74) is 2.26. The number of aromatic amines is 1. The van der Waals surface area contributed by atoms with Crippen LogP contribution in [0.3, 0.4) is 0 Å². The fraction of sp³-hybridized carbons (Fsp3) is 0.235. The normalized spacial score (nSPS) is 12.2. The third kappa shape index (κ3) is 1.93. The average molecular weight is 251 g/mol. The highest BCUT2D eigenvalue weighted by Crippen LogP contribution is 2.28. The summed E-state index contributed by atoms with van der Waals surface area (Å²) in [6.45, 7) is 6.59. The van der Waals surface area contributed by atoms with Gasteiger partial charge in [0, 0.05) is 16.3 Å². The van der Waals surface area contributed by atoms with Gasteiger partial charge in [0.05, 0.1) is 0 Å². The Morgan fingerprint density at radius 2 is 1.58 bits per heavy atom. The maximum absolute atomic E-state index is 12.0. The third-order valence-corrected chi connectivity index (χ3v) is 3.60. The summed E-state index contributed by atoms with van der Waals surface area (Å²) in [7, 11) is 0. The first-order valence-corrected chi connectivity index (χ1v) is 6.52. The summed E-state index contributed by atoms with van der Waals surface area (Å²) in [6.07, 6.45) is 0. The van der Waals surface area contributed by atoms with Crippen LogP contribution in [-0.4, -0.2) is 4.98 Å². The van der Waals surface area contributed by atoms with Crippen molar-refractivity contribution in [3.05, 3.63) is 58.4 Å². The van der Waals surface area contributed by atoms with Gasteiger partial charge in [0.2, 0.25) is 0 Å². The number of hydrogen-bond acceptors (Lipinski definition) is 1. The van der Waals surface area contributed by atoms with Crippen LogP contribution in [0.1, 0.15) is 26.3 Å². The van der Waals surface area contributed by atoms with Crippen molar-refractivity contribution in [2.75, 3.05) is 0 Å². The molecule has 96 valence electrons. The highest BCUT2D eigenvalue weighted by Gasteiger charge is 2.14. The Kier molecular flexibility index (Phi) is 2.49. The van der Waals surface area contributed by atoms with Crippen molar-refractivity contribution in [2.24, 2.45) is 0 Å². The number of nitrogens with one attached hydrogen (secondary N) is 1. The van der Waals surface area contributed by atoms with Crippen molar-refractivity contribution in [1.29, 1.82) is 0 Å². The number of pyridine rings is 1. The van der Waals surface area contributed by atoms with Gasteiger partial charge in [-0.05, 0) is 34.6 Å². The summed E-state index contributed by atoms with van der Waals surface area (Å²) in [6, 6.07) is 14.0. The molecule has 2 heteroatoms. The van der Waals surface area contributed by atoms with Crippen molar-refractivity contribution >= 4 is 21.7 Å². The highest BCUT2D eigenvalue weighted by atomic mass is 16.1. The Morgan fingerprint density at radius 1 is 0.895 bits per heavy atom. The van der Waals surface area contributed by atoms with Gasteiger partial charge in [0.25, 0.3) is 5.56 Å². The van der Waals surface area contributed by atoms with Crippen molar-refractivity contribution in [3.8, 4) is 0 Å². The number of benzene rings is 2. The molecule has 0 aliphatic rings. The molecule has 0 saturated carbocycles. The number of rotatable bonds is 0. The first kappa shape index (κ1) is 12.0. The van der Waals surface area contributed by atoms with E-state index in [1.54, 1.807) is 0 Å². The quantitative estimate of drug-likeness (QED) is 0.602. The molecule has 0 aliphatic heterocycles. The van der Waals surface area contributed by atoms with Crippen LogP contribution in [0.25, 0.3) is 21.7 Å². The molecular weight excluding hydrogens is 234 g/mol. The minimum Gasteiger partial charge on any atom is -0.321 e. The predicted molar refractivity (Wildman–Crippen MR) is 80.8 cm³/mol. The zero-order valence-electron chi connectivity index (χ0n) is 11.4. The van der Waals surface area contributed by atoms with E-state index in [1.165, 1.54) is 5.56 Å². The summed E-state index contributed by atoms with van der Waals surface area (Å²) in [4.78, 5) is 15.0. The molecule has 0 aliphatic carbocycles. The zero-order valence-corrected chi connectivity index (χ0v) is 11.4. The molecule has 3 rings (SSSR count). The molecule has 0 saturated heterocycles. The molecule has 2 nitrogen and oxygen atoms in total. The summed E-state index contributed by atoms with van der Waals surface area (Å²) in [5, 5.41) is 2.89. The predicted octanol–water partition coefficient (Wildman–Crippen LogP) is 3.98. The van der Waals surface area contributed by atoms with Crippen LogP contribution >= 0.6 is 0 Å². The van der Waals surface area contributed by atoms with Gasteiger partial charge in [-0.15, -0.1) is 0 Å². The summed E-state index contributed by atoms with van der Waals surface area (Å²) >= 11 is 0. The maximum Gasteiger partial charge on any atom is 0.256 e. The molecule has 1 heterocycles. The summed E-state index contributed by atoms with van der Waals surface area (Å²) < 4.78 is 0. The number of hydrogen-bond donors (Lipinski definition) is 1. The average Bonchev–Trinajstić information content (AvgIpc) is 2.37. The van der Waals surface area contributed by atoms with E-state index >= 15 is 0 Å². The molecule has 0 fully saturated rings. The smallest absolute Gasteiger partial charge is 0.256 e. The minimum atomic E-state index is -0.0217. The lowest BCUT2D eigenvalue weighted by Gasteiger charge is -2.19. The van der Waals surface area contributed by atoms with Crippen LogP contribution in [0.2, 0.25) is 0 Å². The van der Waals surface area contributed by atoms with E-state index in [2.05, 4.69) is 37.9 Å². The molecule has 1 N–H and O–H groups in total.